The van der Waals surface area contributed by atoms with Crippen LogP contribution in [0.3, 0.4) is 0 Å². The molecule has 0 aliphatic carbocycles. The molecule has 0 atom stereocenters. The van der Waals surface area contributed by atoms with E-state index < -0.39 is 11.4 Å². The van der Waals surface area contributed by atoms with E-state index in [0.717, 1.165) is 0 Å². The Morgan fingerprint density at radius 2 is 0.762 bits per heavy atom. The minimum absolute atomic E-state index is 1.35. The van der Waals surface area contributed by atoms with Crippen LogP contribution in [0.4, 0.5) is 0 Å². The minimum atomic E-state index is -1.62. The van der Waals surface area contributed by atoms with Crippen LogP contribution in [0.25, 0.3) is 0 Å². The maximum atomic E-state index is 4.93. The van der Waals surface area contributed by atoms with Crippen molar-refractivity contribution in [3.63, 3.8) is 0 Å². The Bertz CT molecular complexity index is 164. The van der Waals surface area contributed by atoms with Crippen molar-refractivity contribution in [1.82, 2.24) is 0 Å². The number of halogens is 3. The molecule has 0 rings (SSSR count). The number of rotatable bonds is 12. The van der Waals surface area contributed by atoms with Crippen LogP contribution in [-0.2, 0) is 11.4 Å². The zero-order valence-corrected chi connectivity index (χ0v) is 18.0. The number of nitrogens with zero attached hydrogens (tertiary/aromatic N) is 1. The predicted octanol–water partition coefficient (Wildman–Crippen LogP) is 7.07. The van der Waals surface area contributed by atoms with Gasteiger partial charge in [-0.25, -0.2) is 0 Å². The summed E-state index contributed by atoms with van der Waals surface area (Å²) in [6, 6.07) is 0. The quantitative estimate of drug-likeness (QED) is 0.307. The second-order valence-electron chi connectivity index (χ2n) is 5.83. The molecule has 0 saturated heterocycles. The molecule has 0 bridgehead atoms. The normalized spacial score (nSPS) is 11.4. The van der Waals surface area contributed by atoms with Gasteiger partial charge in [0.2, 0.25) is 0 Å². The van der Waals surface area contributed by atoms with Crippen LogP contribution in [0.15, 0.2) is 0 Å². The van der Waals surface area contributed by atoms with Gasteiger partial charge < -0.3 is 4.48 Å². The molecule has 0 aromatic carbocycles. The molecule has 0 aromatic heterocycles. The molecule has 131 valence electrons. The molecule has 5 heteroatoms. The van der Waals surface area contributed by atoms with Gasteiger partial charge in [-0.2, -0.15) is 0 Å². The van der Waals surface area contributed by atoms with E-state index in [2.05, 4.69) is 27.7 Å². The zero-order chi connectivity index (χ0) is 16.6. The first-order chi connectivity index (χ1) is 9.97. The molecule has 0 heterocycles. The summed E-state index contributed by atoms with van der Waals surface area (Å²) in [7, 11) is 14.8. The van der Waals surface area contributed by atoms with Crippen LogP contribution in [0.5, 0.6) is 0 Å². The van der Waals surface area contributed by atoms with Crippen LogP contribution >= 0.6 is 30.1 Å². The molecule has 0 spiro atoms. The molecule has 0 aliphatic rings. The first-order valence-corrected chi connectivity index (χ1v) is 13.8. The Kier molecular flexibility index (Phi) is 20.8. The Morgan fingerprint density at radius 1 is 0.571 bits per heavy atom. The van der Waals surface area contributed by atoms with Crippen LogP contribution in [0.1, 0.15) is 79.1 Å². The molecule has 0 N–H and O–H groups in total. The molecule has 0 amide bonds. The molecule has 21 heavy (non-hydrogen) atoms. The van der Waals surface area contributed by atoms with E-state index in [-0.39, 0.29) is 0 Å². The second kappa shape index (κ2) is 17.7. The van der Waals surface area contributed by atoms with Gasteiger partial charge in [0, 0.05) is 0 Å². The average molecular weight is 401 g/mol. The van der Waals surface area contributed by atoms with Gasteiger partial charge in [0.15, 0.2) is 0 Å². The third-order valence-electron chi connectivity index (χ3n) is 3.94. The van der Waals surface area contributed by atoms with Gasteiger partial charge in [-0.3, -0.25) is 0 Å². The van der Waals surface area contributed by atoms with Gasteiger partial charge in [0.05, 0.1) is 26.2 Å². The van der Waals surface area contributed by atoms with Crippen molar-refractivity contribution in [2.75, 3.05) is 26.2 Å². The van der Waals surface area contributed by atoms with Crippen LogP contribution in [-0.4, -0.2) is 30.7 Å². The maximum absolute atomic E-state index is 4.93. The van der Waals surface area contributed by atoms with E-state index in [1.807, 2.05) is 0 Å². The third-order valence-corrected chi connectivity index (χ3v) is 3.94. The summed E-state index contributed by atoms with van der Waals surface area (Å²) in [5.74, 6) is 0. The van der Waals surface area contributed by atoms with E-state index in [1.54, 1.807) is 0 Å². The number of hydrogen-bond acceptors (Lipinski definition) is 0. The van der Waals surface area contributed by atoms with Gasteiger partial charge >= 0.3 is 41.5 Å². The zero-order valence-electron chi connectivity index (χ0n) is 14.5. The molecule has 1 nitrogen and oxygen atoms in total. The summed E-state index contributed by atoms with van der Waals surface area (Å²) in [5.41, 5.74) is 0. The summed E-state index contributed by atoms with van der Waals surface area (Å²) in [6.45, 7) is 15.0. The van der Waals surface area contributed by atoms with Crippen molar-refractivity contribution >= 4 is 30.1 Å². The topological polar surface area (TPSA) is 0 Å². The van der Waals surface area contributed by atoms with Crippen molar-refractivity contribution in [2.24, 2.45) is 0 Å². The number of unbranched alkanes of at least 4 members (excludes halogenated alkanes) is 4. The second-order valence-corrected chi connectivity index (χ2v) is 12.1. The summed E-state index contributed by atoms with van der Waals surface area (Å²) in [5, 5.41) is 0. The third kappa shape index (κ3) is 17.5. The summed E-state index contributed by atoms with van der Waals surface area (Å²) in [4.78, 5) is 0. The monoisotopic (exact) mass is 399 g/mol. The van der Waals surface area contributed by atoms with Gasteiger partial charge in [0.25, 0.3) is 0 Å². The van der Waals surface area contributed by atoms with Crippen LogP contribution in [0, 0.1) is 0 Å². The molecule has 0 unspecified atom stereocenters. The van der Waals surface area contributed by atoms with Gasteiger partial charge in [-0.1, -0.05) is 53.4 Å². The molecule has 0 saturated carbocycles. The van der Waals surface area contributed by atoms with Crippen molar-refractivity contribution in [3.8, 4) is 0 Å². The van der Waals surface area contributed by atoms with E-state index in [4.69, 9.17) is 30.1 Å². The summed E-state index contributed by atoms with van der Waals surface area (Å²) >= 11 is -1.62. The van der Waals surface area contributed by atoms with Crippen molar-refractivity contribution in [2.45, 2.75) is 79.1 Å². The Morgan fingerprint density at radius 3 is 0.905 bits per heavy atom. The van der Waals surface area contributed by atoms with Gasteiger partial charge in [0.1, 0.15) is 0 Å². The fourth-order valence-electron chi connectivity index (χ4n) is 2.64. The van der Waals surface area contributed by atoms with E-state index >= 15 is 0 Å². The van der Waals surface area contributed by atoms with Crippen molar-refractivity contribution in [1.29, 1.82) is 0 Å². The van der Waals surface area contributed by atoms with Gasteiger partial charge in [-0.15, -0.1) is 0 Å². The Labute approximate surface area is 150 Å². The molecule has 0 aliphatic heterocycles. The van der Waals surface area contributed by atoms with Crippen LogP contribution < -0.4 is 0 Å². The summed E-state index contributed by atoms with van der Waals surface area (Å²) < 4.78 is 1.42. The summed E-state index contributed by atoms with van der Waals surface area (Å²) in [6.07, 6.45) is 11.1. The van der Waals surface area contributed by atoms with E-state index in [0.29, 0.717) is 0 Å². The van der Waals surface area contributed by atoms with Crippen LogP contribution in [0.2, 0.25) is 0 Å². The van der Waals surface area contributed by atoms with Crippen molar-refractivity contribution in [3.05, 3.63) is 0 Å². The Hall–Kier alpha value is 1.36. The Balaban J connectivity index is 0. The van der Waals surface area contributed by atoms with Gasteiger partial charge in [-0.05, 0) is 25.7 Å². The number of hydrogen-bond donors (Lipinski definition) is 0. The van der Waals surface area contributed by atoms with E-state index in [1.165, 1.54) is 82.0 Å². The fraction of sp³-hybridized carbons (Fsp3) is 1.00. The number of quaternary nitrogens is 1. The molecule has 0 aromatic rings. The average Bonchev–Trinajstić information content (AvgIpc) is 2.45. The first kappa shape index (κ1) is 24.6. The molecular formula is C16H36Cl3CrN+. The standard InChI is InChI=1S/C16H36N.3ClH.Cr/c1-5-9-13-17(14-10-6-2,15-11-7-3)16-12-8-4;;;;/h5-16H2,1-4H3;3*1H;/q+1;;;;+3/p-3. The van der Waals surface area contributed by atoms with Crippen molar-refractivity contribution < 1.29 is 15.9 Å². The molecule has 0 fully saturated rings. The van der Waals surface area contributed by atoms with E-state index in [9.17, 15) is 0 Å². The molecule has 0 radical (unpaired) electrons. The predicted molar refractivity (Wildman–Crippen MR) is 96.9 cm³/mol. The first-order valence-electron chi connectivity index (χ1n) is 8.56. The SMILES string of the molecule is CCCC[N+](CCCC)(CCCC)CCCC.[Cl][Cr]([Cl])[Cl]. The molecular weight excluding hydrogens is 365 g/mol. The fourth-order valence-corrected chi connectivity index (χ4v) is 2.64.